The maximum Gasteiger partial charge on any atom is 0.416 e. The smallest absolute Gasteiger partial charge is 0.416 e. The Morgan fingerprint density at radius 2 is 1.73 bits per heavy atom. The fraction of sp³-hybridized carbons (Fsp3) is 0.200. The molecule has 0 saturated carbocycles. The highest BCUT2D eigenvalue weighted by atomic mass is 35.5. The first-order valence-corrected chi connectivity index (χ1v) is 8.37. The molecule has 2 aromatic carbocycles. The van der Waals surface area contributed by atoms with Crippen LogP contribution >= 0.6 is 11.6 Å². The minimum Gasteiger partial charge on any atom is -0.497 e. The molecule has 3 aromatic rings. The third-order valence-corrected chi connectivity index (χ3v) is 4.82. The van der Waals surface area contributed by atoms with Gasteiger partial charge in [-0.1, -0.05) is 23.7 Å². The van der Waals surface area contributed by atoms with Gasteiger partial charge in [-0.15, -0.1) is 0 Å². The zero-order chi connectivity index (χ0) is 19.1. The molecule has 26 heavy (non-hydrogen) atoms. The van der Waals surface area contributed by atoms with Gasteiger partial charge in [0, 0.05) is 10.4 Å². The number of rotatable bonds is 4. The molecule has 0 aliphatic carbocycles. The molecule has 0 spiro atoms. The summed E-state index contributed by atoms with van der Waals surface area (Å²) in [7, 11) is 1.53. The van der Waals surface area contributed by atoms with Crippen molar-refractivity contribution in [1.29, 1.82) is 0 Å². The molecule has 0 aliphatic rings. The first kappa shape index (κ1) is 18.0. The van der Waals surface area contributed by atoms with Crippen molar-refractivity contribution >= 4 is 34.4 Å². The van der Waals surface area contributed by atoms with Crippen LogP contribution in [0.3, 0.4) is 0 Å². The number of methoxy groups -OCH3 is 1. The van der Waals surface area contributed by atoms with Crippen LogP contribution in [-0.4, -0.2) is 28.7 Å². The Bertz CT molecular complexity index is 1000. The molecule has 0 radical (unpaired) electrons. The standard InChI is InChI=1S/C20H18ClNO4/c1-20(2,13-4-6-14(21)7-5-13)18(23)17-11-12-10-15(26-3)8-9-16(12)22(17)19(24)25/h4-11H,1-3H3,(H,24,25). The highest BCUT2D eigenvalue weighted by molar-refractivity contribution is 6.30. The van der Waals surface area contributed by atoms with Crippen molar-refractivity contribution in [3.05, 3.63) is 64.8 Å². The maximum absolute atomic E-state index is 13.3. The van der Waals surface area contributed by atoms with Crippen LogP contribution in [0.2, 0.25) is 5.02 Å². The Morgan fingerprint density at radius 1 is 1.08 bits per heavy atom. The molecule has 3 rings (SSSR count). The van der Waals surface area contributed by atoms with Crippen molar-refractivity contribution in [2.45, 2.75) is 19.3 Å². The van der Waals surface area contributed by atoms with Crippen molar-refractivity contribution in [3.63, 3.8) is 0 Å². The summed E-state index contributed by atoms with van der Waals surface area (Å²) in [5.41, 5.74) is 0.386. The normalized spacial score (nSPS) is 11.5. The van der Waals surface area contributed by atoms with Crippen LogP contribution in [0.4, 0.5) is 4.79 Å². The first-order chi connectivity index (χ1) is 12.3. The molecule has 134 valence electrons. The van der Waals surface area contributed by atoms with Crippen LogP contribution in [0, 0.1) is 0 Å². The Kier molecular flexibility index (Phi) is 4.50. The van der Waals surface area contributed by atoms with Crippen LogP contribution in [0.25, 0.3) is 10.9 Å². The van der Waals surface area contributed by atoms with Gasteiger partial charge in [-0.25, -0.2) is 9.36 Å². The predicted octanol–water partition coefficient (Wildman–Crippen LogP) is 4.99. The number of hydrogen-bond acceptors (Lipinski definition) is 3. The number of nitrogens with zero attached hydrogens (tertiary/aromatic N) is 1. The summed E-state index contributed by atoms with van der Waals surface area (Å²) in [4.78, 5) is 25.1. The second-order valence-corrected chi connectivity index (χ2v) is 6.97. The molecule has 5 nitrogen and oxygen atoms in total. The van der Waals surface area contributed by atoms with Crippen molar-refractivity contribution < 1.29 is 19.4 Å². The zero-order valence-electron chi connectivity index (χ0n) is 14.6. The monoisotopic (exact) mass is 371 g/mol. The van der Waals surface area contributed by atoms with Gasteiger partial charge in [0.15, 0.2) is 5.78 Å². The van der Waals surface area contributed by atoms with Crippen LogP contribution < -0.4 is 4.74 Å². The van der Waals surface area contributed by atoms with E-state index in [1.807, 2.05) is 0 Å². The predicted molar refractivity (Wildman–Crippen MR) is 101 cm³/mol. The lowest BCUT2D eigenvalue weighted by atomic mass is 9.79. The number of hydrogen-bond donors (Lipinski definition) is 1. The van der Waals surface area contributed by atoms with Gasteiger partial charge < -0.3 is 9.84 Å². The molecule has 6 heteroatoms. The Morgan fingerprint density at radius 3 is 2.31 bits per heavy atom. The van der Waals surface area contributed by atoms with Gasteiger partial charge in [-0.2, -0.15) is 0 Å². The van der Waals surface area contributed by atoms with Crippen LogP contribution in [-0.2, 0) is 5.41 Å². The number of halogens is 1. The molecular formula is C20H18ClNO4. The van der Waals surface area contributed by atoms with Gasteiger partial charge in [0.05, 0.1) is 23.7 Å². The van der Waals surface area contributed by atoms with Gasteiger partial charge in [0.2, 0.25) is 0 Å². The summed E-state index contributed by atoms with van der Waals surface area (Å²) in [6, 6.07) is 13.6. The number of aromatic nitrogens is 1. The summed E-state index contributed by atoms with van der Waals surface area (Å²) in [5.74, 6) is 0.299. The van der Waals surface area contributed by atoms with Crippen molar-refractivity contribution in [2.75, 3.05) is 7.11 Å². The topological polar surface area (TPSA) is 68.5 Å². The van der Waals surface area contributed by atoms with Crippen LogP contribution in [0.5, 0.6) is 5.75 Å². The Hall–Kier alpha value is -2.79. The number of benzene rings is 2. The highest BCUT2D eigenvalue weighted by Crippen LogP contribution is 2.32. The minimum atomic E-state index is -1.21. The van der Waals surface area contributed by atoms with Gasteiger partial charge in [-0.3, -0.25) is 4.79 Å². The summed E-state index contributed by atoms with van der Waals surface area (Å²) in [5, 5.41) is 10.9. The zero-order valence-corrected chi connectivity index (χ0v) is 15.4. The number of carbonyl (C=O) groups excluding carboxylic acids is 1. The van der Waals surface area contributed by atoms with Gasteiger partial charge in [0.25, 0.3) is 0 Å². The van der Waals surface area contributed by atoms with Crippen molar-refractivity contribution in [1.82, 2.24) is 4.57 Å². The van der Waals surface area contributed by atoms with Gasteiger partial charge in [0.1, 0.15) is 5.75 Å². The summed E-state index contributed by atoms with van der Waals surface area (Å²) in [6.07, 6.45) is -1.21. The molecular weight excluding hydrogens is 354 g/mol. The average Bonchev–Trinajstić information content (AvgIpc) is 2.99. The van der Waals surface area contributed by atoms with E-state index in [0.717, 1.165) is 10.1 Å². The second-order valence-electron chi connectivity index (χ2n) is 6.53. The fourth-order valence-electron chi connectivity index (χ4n) is 3.01. The first-order valence-electron chi connectivity index (χ1n) is 7.99. The number of fused-ring (bicyclic) bond motifs is 1. The molecule has 0 fully saturated rings. The lowest BCUT2D eigenvalue weighted by Crippen LogP contribution is -2.32. The van der Waals surface area contributed by atoms with Gasteiger partial charge >= 0.3 is 6.09 Å². The second kappa shape index (κ2) is 6.50. The number of Topliss-reactive ketones (excluding diaryl/α,β-unsaturated/α-hetero) is 1. The number of carboxylic acid groups (broad SMARTS) is 1. The Labute approximate surface area is 155 Å². The van der Waals surface area contributed by atoms with E-state index in [-0.39, 0.29) is 11.5 Å². The van der Waals surface area contributed by atoms with Crippen molar-refractivity contribution in [3.8, 4) is 5.75 Å². The lowest BCUT2D eigenvalue weighted by Gasteiger charge is -2.24. The van der Waals surface area contributed by atoms with Crippen LogP contribution in [0.1, 0.15) is 29.9 Å². The van der Waals surface area contributed by atoms with E-state index in [0.29, 0.717) is 21.7 Å². The molecule has 0 amide bonds. The summed E-state index contributed by atoms with van der Waals surface area (Å²) < 4.78 is 6.21. The lowest BCUT2D eigenvalue weighted by molar-refractivity contribution is 0.0898. The molecule has 0 bridgehead atoms. The average molecular weight is 372 g/mol. The molecule has 0 aliphatic heterocycles. The van der Waals surface area contributed by atoms with E-state index in [2.05, 4.69) is 0 Å². The summed E-state index contributed by atoms with van der Waals surface area (Å²) >= 11 is 5.93. The third kappa shape index (κ3) is 2.95. The summed E-state index contributed by atoms with van der Waals surface area (Å²) in [6.45, 7) is 3.53. The molecule has 1 N–H and O–H groups in total. The number of ether oxygens (including phenoxy) is 1. The number of carbonyl (C=O) groups is 2. The van der Waals surface area contributed by atoms with E-state index < -0.39 is 11.5 Å². The molecule has 0 unspecified atom stereocenters. The molecule has 1 aromatic heterocycles. The maximum atomic E-state index is 13.3. The Balaban J connectivity index is 2.16. The van der Waals surface area contributed by atoms with E-state index in [1.165, 1.54) is 7.11 Å². The SMILES string of the molecule is COc1ccc2c(c1)cc(C(=O)C(C)(C)c1ccc(Cl)cc1)n2C(=O)O. The van der Waals surface area contributed by atoms with Crippen molar-refractivity contribution in [2.24, 2.45) is 0 Å². The minimum absolute atomic E-state index is 0.112. The van der Waals surface area contributed by atoms with E-state index >= 15 is 0 Å². The third-order valence-electron chi connectivity index (χ3n) is 4.57. The van der Waals surface area contributed by atoms with E-state index in [1.54, 1.807) is 62.4 Å². The molecule has 0 atom stereocenters. The number of ketones is 1. The van der Waals surface area contributed by atoms with E-state index in [9.17, 15) is 14.7 Å². The fourth-order valence-corrected chi connectivity index (χ4v) is 3.14. The molecule has 0 saturated heterocycles. The molecule has 1 heterocycles. The highest BCUT2D eigenvalue weighted by Gasteiger charge is 2.34. The quantitative estimate of drug-likeness (QED) is 0.656. The largest absolute Gasteiger partial charge is 0.497 e. The van der Waals surface area contributed by atoms with E-state index in [4.69, 9.17) is 16.3 Å². The van der Waals surface area contributed by atoms with Crippen LogP contribution in [0.15, 0.2) is 48.5 Å². The van der Waals surface area contributed by atoms with Gasteiger partial charge in [-0.05, 0) is 55.8 Å².